The van der Waals surface area contributed by atoms with Crippen molar-refractivity contribution < 1.29 is 0 Å². The van der Waals surface area contributed by atoms with Gasteiger partial charge in [-0.15, -0.1) is 0 Å². The molecular formula is C11H16BrN. The normalized spacial score (nSPS) is 13.4. The van der Waals surface area contributed by atoms with Gasteiger partial charge in [0.25, 0.3) is 0 Å². The zero-order chi connectivity index (χ0) is 10.0. The van der Waals surface area contributed by atoms with E-state index in [-0.39, 0.29) is 6.04 Å². The van der Waals surface area contributed by atoms with E-state index in [4.69, 9.17) is 5.73 Å². The standard InChI is InChI=1S/C11H16BrN/c1-7(2)11(13)9-5-4-8(3)6-10(9)12/h4-7,11H,13H2,1-3H3/t11-/m0/s1. The van der Waals surface area contributed by atoms with Crippen molar-refractivity contribution in [2.75, 3.05) is 0 Å². The molecule has 0 spiro atoms. The van der Waals surface area contributed by atoms with Crippen LogP contribution in [0.25, 0.3) is 0 Å². The second-order valence-corrected chi connectivity index (χ2v) is 4.65. The van der Waals surface area contributed by atoms with Gasteiger partial charge in [-0.25, -0.2) is 0 Å². The van der Waals surface area contributed by atoms with Gasteiger partial charge in [0.05, 0.1) is 0 Å². The molecule has 1 aromatic carbocycles. The Hall–Kier alpha value is -0.340. The Morgan fingerprint density at radius 3 is 2.38 bits per heavy atom. The first kappa shape index (κ1) is 10.7. The zero-order valence-electron chi connectivity index (χ0n) is 8.34. The molecular weight excluding hydrogens is 226 g/mol. The highest BCUT2D eigenvalue weighted by Gasteiger charge is 2.12. The first-order valence-electron chi connectivity index (χ1n) is 4.54. The Kier molecular flexibility index (Phi) is 3.51. The van der Waals surface area contributed by atoms with E-state index in [1.165, 1.54) is 11.1 Å². The van der Waals surface area contributed by atoms with Gasteiger partial charge in [0.2, 0.25) is 0 Å². The maximum atomic E-state index is 6.06. The Morgan fingerprint density at radius 1 is 1.31 bits per heavy atom. The van der Waals surface area contributed by atoms with Gasteiger partial charge < -0.3 is 5.73 Å². The molecule has 0 heterocycles. The Bertz CT molecular complexity index is 294. The molecule has 1 nitrogen and oxygen atoms in total. The van der Waals surface area contributed by atoms with Crippen LogP contribution in [0.5, 0.6) is 0 Å². The minimum absolute atomic E-state index is 0.120. The van der Waals surface area contributed by atoms with Crippen LogP contribution in [0.1, 0.15) is 31.0 Å². The first-order chi connectivity index (χ1) is 6.02. The summed E-state index contributed by atoms with van der Waals surface area (Å²) in [5, 5.41) is 0. The monoisotopic (exact) mass is 241 g/mol. The molecule has 0 saturated heterocycles. The minimum atomic E-state index is 0.120. The van der Waals surface area contributed by atoms with Crippen LogP contribution in [-0.2, 0) is 0 Å². The lowest BCUT2D eigenvalue weighted by Crippen LogP contribution is -2.17. The molecule has 0 aromatic heterocycles. The van der Waals surface area contributed by atoms with Gasteiger partial charge in [-0.1, -0.05) is 41.9 Å². The lowest BCUT2D eigenvalue weighted by atomic mass is 9.96. The Labute approximate surface area is 88.5 Å². The van der Waals surface area contributed by atoms with Crippen molar-refractivity contribution in [1.82, 2.24) is 0 Å². The quantitative estimate of drug-likeness (QED) is 0.844. The Balaban J connectivity index is 3.01. The van der Waals surface area contributed by atoms with Gasteiger partial charge >= 0.3 is 0 Å². The van der Waals surface area contributed by atoms with E-state index in [0.29, 0.717) is 5.92 Å². The summed E-state index contributed by atoms with van der Waals surface area (Å²) in [6.07, 6.45) is 0. The summed E-state index contributed by atoms with van der Waals surface area (Å²) < 4.78 is 1.12. The number of halogens is 1. The molecule has 0 amide bonds. The van der Waals surface area contributed by atoms with E-state index in [2.05, 4.69) is 54.9 Å². The molecule has 13 heavy (non-hydrogen) atoms. The van der Waals surface area contributed by atoms with E-state index in [9.17, 15) is 0 Å². The lowest BCUT2D eigenvalue weighted by Gasteiger charge is -2.17. The molecule has 0 radical (unpaired) electrons. The van der Waals surface area contributed by atoms with Crippen LogP contribution in [0, 0.1) is 12.8 Å². The van der Waals surface area contributed by atoms with Gasteiger partial charge in [-0.2, -0.15) is 0 Å². The second kappa shape index (κ2) is 4.25. The third-order valence-electron chi connectivity index (χ3n) is 2.23. The molecule has 1 rings (SSSR count). The van der Waals surface area contributed by atoms with Crippen LogP contribution in [0.3, 0.4) is 0 Å². The van der Waals surface area contributed by atoms with E-state index < -0.39 is 0 Å². The van der Waals surface area contributed by atoms with Crippen LogP contribution in [0.2, 0.25) is 0 Å². The summed E-state index contributed by atoms with van der Waals surface area (Å²) in [7, 11) is 0. The fourth-order valence-electron chi connectivity index (χ4n) is 1.26. The fraction of sp³-hybridized carbons (Fsp3) is 0.455. The van der Waals surface area contributed by atoms with Crippen LogP contribution in [-0.4, -0.2) is 0 Å². The smallest absolute Gasteiger partial charge is 0.0329 e. The molecule has 72 valence electrons. The maximum absolute atomic E-state index is 6.06. The molecule has 2 N–H and O–H groups in total. The molecule has 0 aliphatic heterocycles. The molecule has 0 bridgehead atoms. The number of aryl methyl sites for hydroxylation is 1. The number of hydrogen-bond acceptors (Lipinski definition) is 1. The van der Waals surface area contributed by atoms with Crippen molar-refractivity contribution in [2.45, 2.75) is 26.8 Å². The van der Waals surface area contributed by atoms with Gasteiger partial charge in [-0.05, 0) is 30.0 Å². The van der Waals surface area contributed by atoms with Crippen molar-refractivity contribution in [3.8, 4) is 0 Å². The van der Waals surface area contributed by atoms with Crippen LogP contribution in [0.4, 0.5) is 0 Å². The molecule has 2 heteroatoms. The summed E-state index contributed by atoms with van der Waals surface area (Å²) in [5.41, 5.74) is 8.51. The van der Waals surface area contributed by atoms with Crippen molar-refractivity contribution in [3.63, 3.8) is 0 Å². The predicted molar refractivity (Wildman–Crippen MR) is 60.6 cm³/mol. The van der Waals surface area contributed by atoms with Gasteiger partial charge in [0, 0.05) is 10.5 Å². The van der Waals surface area contributed by atoms with Crippen LogP contribution >= 0.6 is 15.9 Å². The van der Waals surface area contributed by atoms with Crippen molar-refractivity contribution >= 4 is 15.9 Å². The first-order valence-corrected chi connectivity index (χ1v) is 5.33. The Morgan fingerprint density at radius 2 is 1.92 bits per heavy atom. The average molecular weight is 242 g/mol. The fourth-order valence-corrected chi connectivity index (χ4v) is 2.02. The SMILES string of the molecule is Cc1ccc([C@@H](N)C(C)C)c(Br)c1. The molecule has 0 unspecified atom stereocenters. The predicted octanol–water partition coefficient (Wildman–Crippen LogP) is 3.41. The van der Waals surface area contributed by atoms with Crippen LogP contribution in [0.15, 0.2) is 22.7 Å². The van der Waals surface area contributed by atoms with Crippen molar-refractivity contribution in [2.24, 2.45) is 11.7 Å². The highest BCUT2D eigenvalue weighted by molar-refractivity contribution is 9.10. The summed E-state index contributed by atoms with van der Waals surface area (Å²) in [6, 6.07) is 6.43. The van der Waals surface area contributed by atoms with Crippen LogP contribution < -0.4 is 5.73 Å². The molecule has 1 aromatic rings. The largest absolute Gasteiger partial charge is 0.324 e. The van der Waals surface area contributed by atoms with Crippen molar-refractivity contribution in [3.05, 3.63) is 33.8 Å². The zero-order valence-corrected chi connectivity index (χ0v) is 9.93. The van der Waals surface area contributed by atoms with E-state index in [1.54, 1.807) is 0 Å². The number of rotatable bonds is 2. The minimum Gasteiger partial charge on any atom is -0.324 e. The van der Waals surface area contributed by atoms with E-state index >= 15 is 0 Å². The molecule has 0 saturated carbocycles. The third-order valence-corrected chi connectivity index (χ3v) is 2.92. The highest BCUT2D eigenvalue weighted by Crippen LogP contribution is 2.27. The topological polar surface area (TPSA) is 26.0 Å². The van der Waals surface area contributed by atoms with E-state index in [1.807, 2.05) is 0 Å². The number of hydrogen-bond donors (Lipinski definition) is 1. The summed E-state index contributed by atoms with van der Waals surface area (Å²) in [5.74, 6) is 0.471. The molecule has 1 atom stereocenters. The summed E-state index contributed by atoms with van der Waals surface area (Å²) >= 11 is 3.54. The summed E-state index contributed by atoms with van der Waals surface area (Å²) in [6.45, 7) is 6.35. The highest BCUT2D eigenvalue weighted by atomic mass is 79.9. The van der Waals surface area contributed by atoms with Gasteiger partial charge in [0.1, 0.15) is 0 Å². The van der Waals surface area contributed by atoms with Gasteiger partial charge in [0.15, 0.2) is 0 Å². The molecule has 0 aliphatic carbocycles. The lowest BCUT2D eigenvalue weighted by molar-refractivity contribution is 0.512. The molecule has 0 aliphatic rings. The second-order valence-electron chi connectivity index (χ2n) is 3.79. The summed E-state index contributed by atoms with van der Waals surface area (Å²) in [4.78, 5) is 0. The number of benzene rings is 1. The van der Waals surface area contributed by atoms with Crippen molar-refractivity contribution in [1.29, 1.82) is 0 Å². The maximum Gasteiger partial charge on any atom is 0.0329 e. The third kappa shape index (κ3) is 2.55. The molecule has 0 fully saturated rings. The van der Waals surface area contributed by atoms with E-state index in [0.717, 1.165) is 4.47 Å². The number of nitrogens with two attached hydrogens (primary N) is 1. The van der Waals surface area contributed by atoms with Gasteiger partial charge in [-0.3, -0.25) is 0 Å². The average Bonchev–Trinajstić information content (AvgIpc) is 2.03.